The minimum atomic E-state index is -0.469. The molecule has 0 saturated carbocycles. The molecule has 168 valence electrons. The van der Waals surface area contributed by atoms with Gasteiger partial charge in [0, 0.05) is 11.0 Å². The number of hydrogen-bond acceptors (Lipinski definition) is 9. The van der Waals surface area contributed by atoms with Gasteiger partial charge in [-0.2, -0.15) is 9.78 Å². The zero-order valence-electron chi connectivity index (χ0n) is 17.8. The normalized spacial score (nSPS) is 15.8. The number of likely N-dealkylation sites (tertiary alicyclic amines) is 1. The van der Waals surface area contributed by atoms with Crippen molar-refractivity contribution in [1.29, 1.82) is 0 Å². The maximum atomic E-state index is 13.0. The fraction of sp³-hybridized carbons (Fsp3) is 0.400. The second-order valence-corrected chi connectivity index (χ2v) is 8.79. The highest BCUT2D eigenvalue weighted by Gasteiger charge is 2.26. The Morgan fingerprint density at radius 1 is 1.28 bits per heavy atom. The highest BCUT2D eigenvalue weighted by Crippen LogP contribution is 2.22. The molecule has 3 aromatic rings. The predicted molar refractivity (Wildman–Crippen MR) is 121 cm³/mol. The Kier molecular flexibility index (Phi) is 6.61. The summed E-state index contributed by atoms with van der Waals surface area (Å²) >= 11 is 3.41. The Morgan fingerprint density at radius 3 is 2.66 bits per heavy atom. The molecule has 1 fully saturated rings. The molecule has 11 nitrogen and oxygen atoms in total. The number of benzene rings is 1. The number of carbonyl (C=O) groups excluding carboxylic acids is 1. The summed E-state index contributed by atoms with van der Waals surface area (Å²) in [5.74, 6) is 0.484. The lowest BCUT2D eigenvalue weighted by molar-refractivity contribution is 0.0946. The van der Waals surface area contributed by atoms with Gasteiger partial charge in [-0.05, 0) is 66.8 Å². The van der Waals surface area contributed by atoms with Crippen molar-refractivity contribution in [2.24, 2.45) is 11.0 Å². The van der Waals surface area contributed by atoms with E-state index < -0.39 is 5.91 Å². The molecule has 12 heteroatoms. The molecule has 1 aromatic carbocycles. The number of nitrogens with one attached hydrogen (secondary N) is 1. The number of rotatable bonds is 6. The maximum Gasteiger partial charge on any atom is 0.293 e. The molecule has 3 heterocycles. The van der Waals surface area contributed by atoms with E-state index in [0.717, 1.165) is 36.0 Å². The number of amides is 1. The molecule has 0 atom stereocenters. The van der Waals surface area contributed by atoms with Gasteiger partial charge in [-0.25, -0.2) is 10.1 Å². The van der Waals surface area contributed by atoms with Gasteiger partial charge in [-0.1, -0.05) is 40.2 Å². The van der Waals surface area contributed by atoms with Gasteiger partial charge in [0.2, 0.25) is 11.6 Å². The molecule has 0 unspecified atom stereocenters. The molecule has 1 amide bonds. The van der Waals surface area contributed by atoms with Crippen molar-refractivity contribution < 1.29 is 9.42 Å². The summed E-state index contributed by atoms with van der Waals surface area (Å²) in [5.41, 5.74) is 10.7. The Morgan fingerprint density at radius 2 is 2.00 bits per heavy atom. The molecular weight excluding hydrogens is 478 g/mol. The third kappa shape index (κ3) is 4.86. The lowest BCUT2D eigenvalue weighted by Crippen LogP contribution is -2.34. The summed E-state index contributed by atoms with van der Waals surface area (Å²) in [4.78, 5) is 15.2. The molecule has 0 radical (unpaired) electrons. The molecule has 1 saturated heterocycles. The Hall–Kier alpha value is -3.12. The van der Waals surface area contributed by atoms with Crippen LogP contribution in [0.1, 0.15) is 48.4 Å². The van der Waals surface area contributed by atoms with Crippen molar-refractivity contribution in [1.82, 2.24) is 35.6 Å². The smallest absolute Gasteiger partial charge is 0.293 e. The number of hydrazone groups is 1. The minimum Gasteiger partial charge on any atom is -0.378 e. The third-order valence-electron chi connectivity index (χ3n) is 5.51. The molecule has 2 aromatic heterocycles. The molecule has 0 spiro atoms. The highest BCUT2D eigenvalue weighted by atomic mass is 79.9. The van der Waals surface area contributed by atoms with Crippen LogP contribution < -0.4 is 11.2 Å². The monoisotopic (exact) mass is 501 g/mol. The third-order valence-corrected chi connectivity index (χ3v) is 6.04. The van der Waals surface area contributed by atoms with E-state index in [1.165, 1.54) is 4.68 Å². The topological polar surface area (TPSA) is 140 Å². The van der Waals surface area contributed by atoms with Gasteiger partial charge in [-0.15, -0.1) is 5.10 Å². The summed E-state index contributed by atoms with van der Waals surface area (Å²) < 4.78 is 7.08. The molecule has 0 aliphatic carbocycles. The first-order valence-corrected chi connectivity index (χ1v) is 11.1. The van der Waals surface area contributed by atoms with Crippen LogP contribution in [0.15, 0.2) is 38.5 Å². The average molecular weight is 502 g/mol. The minimum absolute atomic E-state index is 0.0690. The van der Waals surface area contributed by atoms with Gasteiger partial charge in [0.25, 0.3) is 5.91 Å². The number of piperidine rings is 1. The summed E-state index contributed by atoms with van der Waals surface area (Å²) in [6.45, 7) is 6.36. The van der Waals surface area contributed by atoms with Crippen LogP contribution in [0.3, 0.4) is 0 Å². The number of anilines is 1. The zero-order chi connectivity index (χ0) is 22.7. The van der Waals surface area contributed by atoms with E-state index >= 15 is 0 Å². The van der Waals surface area contributed by atoms with Gasteiger partial charge >= 0.3 is 0 Å². The lowest BCUT2D eigenvalue weighted by atomic mass is 9.99. The lowest BCUT2D eigenvalue weighted by Gasteiger charge is -2.30. The molecule has 3 N–H and O–H groups in total. The SMILES string of the molecule is C/C(=N\NC(=O)c1nnn(-c2nonc2N)c1CN1CCC(C)CC1)c1ccc(Br)cc1. The second kappa shape index (κ2) is 9.57. The van der Waals surface area contributed by atoms with E-state index in [1.807, 2.05) is 31.2 Å². The van der Waals surface area contributed by atoms with Crippen LogP contribution in [0.2, 0.25) is 0 Å². The van der Waals surface area contributed by atoms with Gasteiger partial charge in [0.1, 0.15) is 0 Å². The summed E-state index contributed by atoms with van der Waals surface area (Å²) in [7, 11) is 0. The van der Waals surface area contributed by atoms with Gasteiger partial charge in [0.05, 0.1) is 11.4 Å². The number of carbonyl (C=O) groups is 1. The van der Waals surface area contributed by atoms with E-state index in [4.69, 9.17) is 10.4 Å². The molecule has 32 heavy (non-hydrogen) atoms. The van der Waals surface area contributed by atoms with Crippen molar-refractivity contribution in [3.05, 3.63) is 45.7 Å². The standard InChI is InChI=1S/C20H24BrN9O2/c1-12-7-9-29(10-8-12)11-16-17(24-28-30(16)19-18(22)26-32-27-19)20(31)25-23-13(2)14-3-5-15(21)6-4-14/h3-6,12H,7-11H2,1-2H3,(H2,22,26)(H,25,31)/b23-13+. The largest absolute Gasteiger partial charge is 0.378 e. The van der Waals surface area contributed by atoms with E-state index in [1.54, 1.807) is 0 Å². The fourth-order valence-electron chi connectivity index (χ4n) is 3.50. The molecule has 1 aliphatic heterocycles. The number of nitrogen functional groups attached to an aromatic ring is 1. The van der Waals surface area contributed by atoms with Crippen molar-refractivity contribution >= 4 is 33.4 Å². The van der Waals surface area contributed by atoms with Crippen LogP contribution in [0.5, 0.6) is 0 Å². The first kappa shape index (κ1) is 22.1. The summed E-state index contributed by atoms with van der Waals surface area (Å²) in [6, 6.07) is 7.65. The van der Waals surface area contributed by atoms with Crippen LogP contribution in [-0.4, -0.2) is 54.9 Å². The van der Waals surface area contributed by atoms with Gasteiger partial charge in [-0.3, -0.25) is 9.69 Å². The fourth-order valence-corrected chi connectivity index (χ4v) is 3.77. The average Bonchev–Trinajstić information content (AvgIpc) is 3.39. The summed E-state index contributed by atoms with van der Waals surface area (Å²) in [5, 5.41) is 19.8. The van der Waals surface area contributed by atoms with Crippen LogP contribution in [-0.2, 0) is 6.54 Å². The number of halogens is 1. The highest BCUT2D eigenvalue weighted by molar-refractivity contribution is 9.10. The van der Waals surface area contributed by atoms with E-state index in [2.05, 4.69) is 58.9 Å². The second-order valence-electron chi connectivity index (χ2n) is 7.87. The molecule has 0 bridgehead atoms. The molecular formula is C20H24BrN9O2. The van der Waals surface area contributed by atoms with E-state index in [-0.39, 0.29) is 17.3 Å². The van der Waals surface area contributed by atoms with Crippen molar-refractivity contribution in [2.75, 3.05) is 18.8 Å². The van der Waals surface area contributed by atoms with Crippen molar-refractivity contribution in [3.8, 4) is 5.82 Å². The first-order chi connectivity index (χ1) is 15.4. The molecule has 1 aliphatic rings. The van der Waals surface area contributed by atoms with Gasteiger partial charge < -0.3 is 5.73 Å². The van der Waals surface area contributed by atoms with Gasteiger partial charge in [0.15, 0.2) is 5.69 Å². The Bertz CT molecular complexity index is 1110. The predicted octanol–water partition coefficient (Wildman–Crippen LogP) is 2.38. The Labute approximate surface area is 193 Å². The van der Waals surface area contributed by atoms with Crippen LogP contribution in [0.4, 0.5) is 5.82 Å². The quantitative estimate of drug-likeness (QED) is 0.387. The number of nitrogens with zero attached hydrogens (tertiary/aromatic N) is 7. The summed E-state index contributed by atoms with van der Waals surface area (Å²) in [6.07, 6.45) is 2.18. The number of aromatic nitrogens is 5. The van der Waals surface area contributed by atoms with Crippen LogP contribution in [0, 0.1) is 5.92 Å². The van der Waals surface area contributed by atoms with Crippen molar-refractivity contribution in [2.45, 2.75) is 33.2 Å². The van der Waals surface area contributed by atoms with Crippen molar-refractivity contribution in [3.63, 3.8) is 0 Å². The molecule has 4 rings (SSSR count). The number of hydrogen-bond donors (Lipinski definition) is 2. The van der Waals surface area contributed by atoms with E-state index in [0.29, 0.717) is 23.9 Å². The zero-order valence-corrected chi connectivity index (χ0v) is 19.4. The number of nitrogens with two attached hydrogens (primary N) is 1. The maximum absolute atomic E-state index is 13.0. The Balaban J connectivity index is 1.58. The van der Waals surface area contributed by atoms with E-state index in [9.17, 15) is 4.79 Å². The van der Waals surface area contributed by atoms with Crippen LogP contribution >= 0.6 is 15.9 Å². The van der Waals surface area contributed by atoms with Crippen LogP contribution in [0.25, 0.3) is 5.82 Å². The first-order valence-electron chi connectivity index (χ1n) is 10.3.